The highest BCUT2D eigenvalue weighted by molar-refractivity contribution is 6.05. The molecule has 7 heteroatoms. The number of nitrogens with one attached hydrogen (secondary N) is 1. The van der Waals surface area contributed by atoms with Gasteiger partial charge in [-0.3, -0.25) is 9.69 Å². The lowest BCUT2D eigenvalue weighted by atomic mass is 10.1. The Labute approximate surface area is 172 Å². The molecule has 1 atom stereocenters. The number of rotatable bonds is 7. The molecule has 2 aromatic rings. The van der Waals surface area contributed by atoms with Gasteiger partial charge in [0.25, 0.3) is 5.91 Å². The van der Waals surface area contributed by atoms with Crippen LogP contribution in [-0.2, 0) is 4.74 Å². The first-order chi connectivity index (χ1) is 13.9. The summed E-state index contributed by atoms with van der Waals surface area (Å²) in [5, 5.41) is 8.42. The Morgan fingerprint density at radius 3 is 2.79 bits per heavy atom. The number of morpholine rings is 1. The fourth-order valence-corrected chi connectivity index (χ4v) is 4.08. The van der Waals surface area contributed by atoms with Gasteiger partial charge in [0.1, 0.15) is 0 Å². The summed E-state index contributed by atoms with van der Waals surface area (Å²) >= 11 is 0. The van der Waals surface area contributed by atoms with E-state index in [1.54, 1.807) is 6.20 Å². The van der Waals surface area contributed by atoms with Gasteiger partial charge in [-0.1, -0.05) is 13.8 Å². The van der Waals surface area contributed by atoms with Crippen molar-refractivity contribution < 1.29 is 9.53 Å². The second-order valence-electron chi connectivity index (χ2n) is 9.15. The molecule has 0 spiro atoms. The zero-order valence-corrected chi connectivity index (χ0v) is 18.0. The van der Waals surface area contributed by atoms with Crippen LogP contribution < -0.4 is 5.32 Å². The molecule has 7 nitrogen and oxygen atoms in total. The molecule has 1 amide bonds. The van der Waals surface area contributed by atoms with E-state index >= 15 is 0 Å². The first kappa shape index (κ1) is 20.3. The molecular weight excluding hydrogens is 366 g/mol. The maximum Gasteiger partial charge on any atom is 0.252 e. The van der Waals surface area contributed by atoms with Gasteiger partial charge in [-0.15, -0.1) is 0 Å². The molecule has 3 heterocycles. The van der Waals surface area contributed by atoms with Crippen LogP contribution >= 0.6 is 0 Å². The maximum atomic E-state index is 13.1. The summed E-state index contributed by atoms with van der Waals surface area (Å²) < 4.78 is 7.79. The number of carbonyl (C=O) groups excluding carboxylic acids is 1. The SMILES string of the molecule is CC(C)CN1CCOC(CNC(=O)c2cc(C3CC3)nc3c2cnn3C(C)C)C1. The van der Waals surface area contributed by atoms with Gasteiger partial charge in [-0.2, -0.15) is 5.10 Å². The number of fused-ring (bicyclic) bond motifs is 1. The van der Waals surface area contributed by atoms with Crippen LogP contribution in [0.3, 0.4) is 0 Å². The normalized spacial score (nSPS) is 20.7. The molecule has 1 N–H and O–H groups in total. The third-order valence-corrected chi connectivity index (χ3v) is 5.65. The molecular formula is C22H33N5O2. The molecule has 4 rings (SSSR count). The molecule has 0 bridgehead atoms. The number of amides is 1. The molecule has 1 saturated carbocycles. The number of aromatic nitrogens is 3. The van der Waals surface area contributed by atoms with E-state index < -0.39 is 0 Å². The summed E-state index contributed by atoms with van der Waals surface area (Å²) in [5.74, 6) is 1.05. The van der Waals surface area contributed by atoms with E-state index in [-0.39, 0.29) is 18.1 Å². The van der Waals surface area contributed by atoms with Gasteiger partial charge in [0.15, 0.2) is 5.65 Å². The van der Waals surface area contributed by atoms with E-state index in [4.69, 9.17) is 9.72 Å². The second-order valence-corrected chi connectivity index (χ2v) is 9.15. The van der Waals surface area contributed by atoms with Crippen LogP contribution in [0.4, 0.5) is 0 Å². The minimum absolute atomic E-state index is 0.0325. The first-order valence-corrected chi connectivity index (χ1v) is 10.9. The standard InChI is InChI=1S/C22H33N5O2/c1-14(2)12-26-7-8-29-17(13-26)10-23-22(28)18-9-20(16-5-6-16)25-21-19(18)11-24-27(21)15(3)4/h9,11,14-17H,5-8,10,12-13H2,1-4H3,(H,23,28). The van der Waals surface area contributed by atoms with Crippen LogP contribution in [0.15, 0.2) is 12.3 Å². The van der Waals surface area contributed by atoms with E-state index in [0.29, 0.717) is 23.9 Å². The first-order valence-electron chi connectivity index (χ1n) is 10.9. The zero-order valence-electron chi connectivity index (χ0n) is 18.0. The van der Waals surface area contributed by atoms with Crippen molar-refractivity contribution >= 4 is 16.9 Å². The van der Waals surface area contributed by atoms with Gasteiger partial charge in [0, 0.05) is 43.8 Å². The Morgan fingerprint density at radius 1 is 1.31 bits per heavy atom. The molecule has 0 radical (unpaired) electrons. The largest absolute Gasteiger partial charge is 0.374 e. The van der Waals surface area contributed by atoms with Crippen molar-refractivity contribution in [2.24, 2.45) is 5.92 Å². The zero-order chi connectivity index (χ0) is 20.5. The van der Waals surface area contributed by atoms with Crippen LogP contribution in [0.5, 0.6) is 0 Å². The number of ether oxygens (including phenoxy) is 1. The Hall–Kier alpha value is -1.99. The number of nitrogens with zero attached hydrogens (tertiary/aromatic N) is 4. The van der Waals surface area contributed by atoms with Gasteiger partial charge in [-0.25, -0.2) is 9.67 Å². The fraction of sp³-hybridized carbons (Fsp3) is 0.682. The number of pyridine rings is 1. The van der Waals surface area contributed by atoms with Crippen molar-refractivity contribution in [1.29, 1.82) is 0 Å². The molecule has 1 unspecified atom stereocenters. The lowest BCUT2D eigenvalue weighted by molar-refractivity contribution is -0.0295. The molecule has 29 heavy (non-hydrogen) atoms. The third kappa shape index (κ3) is 4.61. The monoisotopic (exact) mass is 399 g/mol. The highest BCUT2D eigenvalue weighted by atomic mass is 16.5. The summed E-state index contributed by atoms with van der Waals surface area (Å²) in [6.07, 6.45) is 4.11. The summed E-state index contributed by atoms with van der Waals surface area (Å²) in [6.45, 7) is 12.8. The minimum atomic E-state index is -0.0628. The molecule has 2 fully saturated rings. The van der Waals surface area contributed by atoms with E-state index in [0.717, 1.165) is 55.8 Å². The van der Waals surface area contributed by atoms with Gasteiger partial charge >= 0.3 is 0 Å². The average Bonchev–Trinajstić information content (AvgIpc) is 3.44. The maximum absolute atomic E-state index is 13.1. The van der Waals surface area contributed by atoms with Crippen molar-refractivity contribution in [1.82, 2.24) is 25.0 Å². The van der Waals surface area contributed by atoms with Gasteiger partial charge in [-0.05, 0) is 38.7 Å². The summed E-state index contributed by atoms with van der Waals surface area (Å²) in [5.41, 5.74) is 2.51. The van der Waals surface area contributed by atoms with E-state index in [1.165, 1.54) is 0 Å². The minimum Gasteiger partial charge on any atom is -0.374 e. The highest BCUT2D eigenvalue weighted by Crippen LogP contribution is 2.40. The highest BCUT2D eigenvalue weighted by Gasteiger charge is 2.28. The fourth-order valence-electron chi connectivity index (χ4n) is 4.08. The Bertz CT molecular complexity index is 871. The van der Waals surface area contributed by atoms with Crippen molar-refractivity contribution in [3.8, 4) is 0 Å². The molecule has 1 aliphatic carbocycles. The molecule has 2 aromatic heterocycles. The molecule has 1 saturated heterocycles. The Kier molecular flexibility index (Phi) is 5.88. The Morgan fingerprint density at radius 2 is 2.10 bits per heavy atom. The van der Waals surface area contributed by atoms with Gasteiger partial charge < -0.3 is 10.1 Å². The topological polar surface area (TPSA) is 72.3 Å². The van der Waals surface area contributed by atoms with Crippen molar-refractivity contribution in [2.45, 2.75) is 58.6 Å². The Balaban J connectivity index is 1.49. The summed E-state index contributed by atoms with van der Waals surface area (Å²) in [4.78, 5) is 20.4. The third-order valence-electron chi connectivity index (χ3n) is 5.65. The van der Waals surface area contributed by atoms with Crippen LogP contribution in [0, 0.1) is 5.92 Å². The summed E-state index contributed by atoms with van der Waals surface area (Å²) in [6, 6.07) is 2.17. The predicted molar refractivity (Wildman–Crippen MR) is 113 cm³/mol. The van der Waals surface area contributed by atoms with Crippen LogP contribution in [0.25, 0.3) is 11.0 Å². The average molecular weight is 400 g/mol. The van der Waals surface area contributed by atoms with Crippen molar-refractivity contribution in [2.75, 3.05) is 32.8 Å². The second kappa shape index (κ2) is 8.40. The van der Waals surface area contributed by atoms with E-state index in [1.807, 2.05) is 10.7 Å². The van der Waals surface area contributed by atoms with Crippen LogP contribution in [-0.4, -0.2) is 64.5 Å². The van der Waals surface area contributed by atoms with Crippen molar-refractivity contribution in [3.05, 3.63) is 23.5 Å². The van der Waals surface area contributed by atoms with Gasteiger partial charge in [0.05, 0.1) is 29.9 Å². The number of hydrogen-bond donors (Lipinski definition) is 1. The molecule has 1 aliphatic heterocycles. The van der Waals surface area contributed by atoms with Crippen LogP contribution in [0.2, 0.25) is 0 Å². The lowest BCUT2D eigenvalue weighted by Gasteiger charge is -2.34. The van der Waals surface area contributed by atoms with E-state index in [9.17, 15) is 4.79 Å². The number of carbonyl (C=O) groups is 1. The number of hydrogen-bond acceptors (Lipinski definition) is 5. The van der Waals surface area contributed by atoms with E-state index in [2.05, 4.69) is 43.0 Å². The molecule has 158 valence electrons. The quantitative estimate of drug-likeness (QED) is 0.775. The predicted octanol–water partition coefficient (Wildman–Crippen LogP) is 2.98. The van der Waals surface area contributed by atoms with Gasteiger partial charge in [0.2, 0.25) is 0 Å². The van der Waals surface area contributed by atoms with Crippen molar-refractivity contribution in [3.63, 3.8) is 0 Å². The molecule has 2 aliphatic rings. The lowest BCUT2D eigenvalue weighted by Crippen LogP contribution is -2.48. The smallest absolute Gasteiger partial charge is 0.252 e. The molecule has 0 aromatic carbocycles. The van der Waals surface area contributed by atoms with Crippen LogP contribution in [0.1, 0.15) is 68.5 Å². The summed E-state index contributed by atoms with van der Waals surface area (Å²) in [7, 11) is 0.